The maximum atomic E-state index is 12.7. The second kappa shape index (κ2) is 5.36. The van der Waals surface area contributed by atoms with Crippen molar-refractivity contribution in [3.8, 4) is 0 Å². The molecule has 1 aliphatic rings. The molecule has 2 rings (SSSR count). The van der Waals surface area contributed by atoms with Crippen LogP contribution in [-0.4, -0.2) is 26.4 Å². The van der Waals surface area contributed by atoms with E-state index < -0.39 is 11.8 Å². The number of alkyl halides is 2. The fraction of sp³-hybridized carbons (Fsp3) is 0.636. The summed E-state index contributed by atoms with van der Waals surface area (Å²) < 4.78 is 27.3. The smallest absolute Gasteiger partial charge is 0.251 e. The van der Waals surface area contributed by atoms with Crippen molar-refractivity contribution >= 4 is 11.8 Å². The third-order valence-corrected chi connectivity index (χ3v) is 3.94. The molecular weight excluding hydrogens is 258 g/mol. The van der Waals surface area contributed by atoms with Gasteiger partial charge in [0.05, 0.1) is 6.54 Å². The number of halogens is 2. The van der Waals surface area contributed by atoms with Crippen LogP contribution in [0.4, 0.5) is 8.78 Å². The molecule has 1 aromatic heterocycles. The van der Waals surface area contributed by atoms with Gasteiger partial charge in [0.25, 0.3) is 5.92 Å². The van der Waals surface area contributed by atoms with Crippen LogP contribution < -0.4 is 5.73 Å². The van der Waals surface area contributed by atoms with Gasteiger partial charge < -0.3 is 10.3 Å². The first-order valence-electron chi connectivity index (χ1n) is 5.82. The van der Waals surface area contributed by atoms with Crippen LogP contribution in [0, 0.1) is 5.92 Å². The Morgan fingerprint density at radius 1 is 1.56 bits per heavy atom. The molecule has 1 fully saturated rings. The topological polar surface area (TPSA) is 56.7 Å². The number of aromatic nitrogens is 3. The summed E-state index contributed by atoms with van der Waals surface area (Å²) in [5.41, 5.74) is 5.55. The number of nitrogens with zero attached hydrogens (tertiary/aromatic N) is 3. The van der Waals surface area contributed by atoms with E-state index in [9.17, 15) is 8.78 Å². The van der Waals surface area contributed by atoms with Crippen molar-refractivity contribution in [2.45, 2.75) is 37.0 Å². The van der Waals surface area contributed by atoms with Crippen molar-refractivity contribution in [1.29, 1.82) is 0 Å². The van der Waals surface area contributed by atoms with Gasteiger partial charge in [-0.15, -0.1) is 16.8 Å². The van der Waals surface area contributed by atoms with Crippen molar-refractivity contribution in [2.75, 3.05) is 5.75 Å². The molecule has 1 saturated carbocycles. The van der Waals surface area contributed by atoms with Gasteiger partial charge in [-0.25, -0.2) is 8.78 Å². The summed E-state index contributed by atoms with van der Waals surface area (Å²) in [5.74, 6) is -1.57. The highest BCUT2D eigenvalue weighted by Gasteiger charge is 2.55. The number of rotatable bonds is 7. The Hall–Kier alpha value is -0.950. The molecule has 0 saturated heterocycles. The maximum Gasteiger partial charge on any atom is 0.251 e. The van der Waals surface area contributed by atoms with Crippen molar-refractivity contribution in [3.63, 3.8) is 0 Å². The first-order valence-corrected chi connectivity index (χ1v) is 6.80. The van der Waals surface area contributed by atoms with E-state index in [1.807, 2.05) is 4.57 Å². The quantitative estimate of drug-likeness (QED) is 0.611. The summed E-state index contributed by atoms with van der Waals surface area (Å²) in [7, 11) is 0. The Morgan fingerprint density at radius 2 is 2.28 bits per heavy atom. The number of allylic oxidation sites excluding steroid dienone is 1. The van der Waals surface area contributed by atoms with Gasteiger partial charge in [0, 0.05) is 24.6 Å². The van der Waals surface area contributed by atoms with Gasteiger partial charge >= 0.3 is 0 Å². The average Bonchev–Trinajstić information content (AvgIpc) is 2.76. The number of hydrogen-bond acceptors (Lipinski definition) is 4. The van der Waals surface area contributed by atoms with E-state index in [0.717, 1.165) is 5.16 Å². The van der Waals surface area contributed by atoms with Gasteiger partial charge in [0.1, 0.15) is 5.82 Å². The molecule has 0 amide bonds. The van der Waals surface area contributed by atoms with Crippen LogP contribution in [0.2, 0.25) is 0 Å². The van der Waals surface area contributed by atoms with Gasteiger partial charge in [-0.3, -0.25) is 0 Å². The minimum atomic E-state index is -2.43. The lowest BCUT2D eigenvalue weighted by molar-refractivity contribution is 0.0983. The zero-order valence-electron chi connectivity index (χ0n) is 9.98. The van der Waals surface area contributed by atoms with Gasteiger partial charge in [-0.2, -0.15) is 0 Å². The first kappa shape index (κ1) is 13.5. The van der Waals surface area contributed by atoms with Gasteiger partial charge in [-0.05, 0) is 6.42 Å². The van der Waals surface area contributed by atoms with Gasteiger partial charge in [0.2, 0.25) is 0 Å². The van der Waals surface area contributed by atoms with Crippen LogP contribution in [-0.2, 0) is 13.1 Å². The minimum absolute atomic E-state index is 0.0287. The van der Waals surface area contributed by atoms with E-state index in [2.05, 4.69) is 16.8 Å². The Balaban J connectivity index is 1.88. The van der Waals surface area contributed by atoms with E-state index >= 15 is 0 Å². The molecular formula is C11H16F2N4S. The number of thioether (sulfide) groups is 1. The highest BCUT2D eigenvalue weighted by Crippen LogP contribution is 2.51. The number of hydrogen-bond donors (Lipinski definition) is 1. The van der Waals surface area contributed by atoms with E-state index in [0.29, 0.717) is 31.1 Å². The van der Waals surface area contributed by atoms with Crippen LogP contribution >= 0.6 is 11.8 Å². The van der Waals surface area contributed by atoms with Crippen molar-refractivity contribution in [3.05, 3.63) is 18.5 Å². The molecule has 7 heteroatoms. The molecule has 4 nitrogen and oxygen atoms in total. The fourth-order valence-corrected chi connectivity index (χ4v) is 2.78. The second-order valence-corrected chi connectivity index (χ2v) is 5.36. The lowest BCUT2D eigenvalue weighted by Crippen LogP contribution is -2.08. The summed E-state index contributed by atoms with van der Waals surface area (Å²) >= 11 is 1.44. The Kier molecular flexibility index (Phi) is 4.01. The van der Waals surface area contributed by atoms with E-state index in [4.69, 9.17) is 5.73 Å². The normalized spacial score (nSPS) is 20.9. The molecule has 18 heavy (non-hydrogen) atoms. The second-order valence-electron chi connectivity index (χ2n) is 4.30. The molecule has 0 radical (unpaired) electrons. The summed E-state index contributed by atoms with van der Waals surface area (Å²) in [6, 6.07) is 0. The predicted octanol–water partition coefficient (Wildman–Crippen LogP) is 2.06. The van der Waals surface area contributed by atoms with Crippen LogP contribution in [0.15, 0.2) is 17.8 Å². The summed E-state index contributed by atoms with van der Waals surface area (Å²) in [6.07, 6.45) is 2.28. The molecule has 1 aliphatic carbocycles. The van der Waals surface area contributed by atoms with Crippen LogP contribution in [0.3, 0.4) is 0 Å². The fourth-order valence-electron chi connectivity index (χ4n) is 1.76. The van der Waals surface area contributed by atoms with Crippen molar-refractivity contribution in [1.82, 2.24) is 14.8 Å². The van der Waals surface area contributed by atoms with E-state index in [1.54, 1.807) is 6.08 Å². The van der Waals surface area contributed by atoms with E-state index in [1.165, 1.54) is 11.8 Å². The number of nitrogens with two attached hydrogens (primary N) is 1. The highest BCUT2D eigenvalue weighted by atomic mass is 32.2. The molecule has 2 N–H and O–H groups in total. The molecule has 1 aromatic rings. The SMILES string of the molecule is C=CCn1c(CN)nnc1SCCC1CC1(F)F. The van der Waals surface area contributed by atoms with Crippen molar-refractivity contribution < 1.29 is 8.78 Å². The molecule has 1 unspecified atom stereocenters. The summed E-state index contributed by atoms with van der Waals surface area (Å²) in [4.78, 5) is 0. The molecule has 0 bridgehead atoms. The minimum Gasteiger partial charge on any atom is -0.324 e. The zero-order valence-corrected chi connectivity index (χ0v) is 10.8. The van der Waals surface area contributed by atoms with Crippen LogP contribution in [0.1, 0.15) is 18.7 Å². The third kappa shape index (κ3) is 2.89. The third-order valence-electron chi connectivity index (χ3n) is 2.94. The van der Waals surface area contributed by atoms with Crippen LogP contribution in [0.5, 0.6) is 0 Å². The summed E-state index contributed by atoms with van der Waals surface area (Å²) in [5, 5.41) is 8.71. The van der Waals surface area contributed by atoms with Gasteiger partial charge in [0.15, 0.2) is 5.16 Å². The van der Waals surface area contributed by atoms with Crippen LogP contribution in [0.25, 0.3) is 0 Å². The lowest BCUT2D eigenvalue weighted by atomic mass is 10.3. The molecule has 0 spiro atoms. The molecule has 1 atom stereocenters. The largest absolute Gasteiger partial charge is 0.324 e. The Bertz CT molecular complexity index is 433. The Labute approximate surface area is 109 Å². The standard InChI is InChI=1S/C11H16F2N4S/c1-2-4-17-9(7-14)15-16-10(17)18-5-3-8-6-11(8,12)13/h2,8H,1,3-7,14H2. The first-order chi connectivity index (χ1) is 8.58. The lowest BCUT2D eigenvalue weighted by Gasteiger charge is -2.05. The van der Waals surface area contributed by atoms with Crippen molar-refractivity contribution in [2.24, 2.45) is 11.7 Å². The van der Waals surface area contributed by atoms with E-state index in [-0.39, 0.29) is 6.42 Å². The maximum absolute atomic E-state index is 12.7. The molecule has 0 aliphatic heterocycles. The molecule has 1 heterocycles. The zero-order chi connectivity index (χ0) is 13.2. The molecule has 0 aromatic carbocycles. The highest BCUT2D eigenvalue weighted by molar-refractivity contribution is 7.99. The molecule has 100 valence electrons. The monoisotopic (exact) mass is 274 g/mol. The Morgan fingerprint density at radius 3 is 2.83 bits per heavy atom. The summed E-state index contributed by atoms with van der Waals surface area (Å²) in [6.45, 7) is 4.56. The van der Waals surface area contributed by atoms with Gasteiger partial charge in [-0.1, -0.05) is 17.8 Å². The predicted molar refractivity (Wildman–Crippen MR) is 66.5 cm³/mol. The average molecular weight is 274 g/mol.